The highest BCUT2D eigenvalue weighted by Gasteiger charge is 2.05. The van der Waals surface area contributed by atoms with Crippen LogP contribution in [-0.4, -0.2) is 22.9 Å². The highest BCUT2D eigenvalue weighted by atomic mass is 32.2. The molecule has 126 valence electrons. The maximum absolute atomic E-state index is 11.8. The van der Waals surface area contributed by atoms with Gasteiger partial charge in [0, 0.05) is 17.2 Å². The summed E-state index contributed by atoms with van der Waals surface area (Å²) in [7, 11) is 0. The fourth-order valence-corrected chi connectivity index (χ4v) is 2.84. The summed E-state index contributed by atoms with van der Waals surface area (Å²) in [6.07, 6.45) is -0.358. The van der Waals surface area contributed by atoms with Crippen molar-refractivity contribution >= 4 is 29.5 Å². The van der Waals surface area contributed by atoms with E-state index in [0.717, 1.165) is 11.1 Å². The summed E-state index contributed by atoms with van der Waals surface area (Å²) in [5, 5.41) is 11.3. The van der Waals surface area contributed by atoms with Gasteiger partial charge in [0.2, 0.25) is 0 Å². The normalized spacial score (nSPS) is 10.2. The number of benzene rings is 2. The number of amides is 1. The number of ether oxygens (including phenoxy) is 1. The van der Waals surface area contributed by atoms with E-state index < -0.39 is 12.1 Å². The van der Waals surface area contributed by atoms with E-state index in [0.29, 0.717) is 17.2 Å². The third-order valence-electron chi connectivity index (χ3n) is 3.12. The second kappa shape index (κ2) is 9.62. The summed E-state index contributed by atoms with van der Waals surface area (Å²) in [6.45, 7) is 0.220. The van der Waals surface area contributed by atoms with E-state index in [1.54, 1.807) is 17.8 Å². The summed E-state index contributed by atoms with van der Waals surface area (Å²) >= 11 is 1.55. The molecule has 2 aromatic carbocycles. The Hall–Kier alpha value is -2.47. The van der Waals surface area contributed by atoms with Gasteiger partial charge in [0.05, 0.1) is 6.42 Å². The number of carboxylic acid groups (broad SMARTS) is 1. The summed E-state index contributed by atoms with van der Waals surface area (Å²) in [5.74, 6) is 0.465. The molecule has 1 amide bonds. The van der Waals surface area contributed by atoms with Crippen molar-refractivity contribution < 1.29 is 19.4 Å². The number of carboxylic acids is 1. The first-order chi connectivity index (χ1) is 11.6. The Morgan fingerprint density at radius 2 is 1.79 bits per heavy atom. The molecule has 0 aliphatic heterocycles. The van der Waals surface area contributed by atoms with Gasteiger partial charge >= 0.3 is 12.1 Å². The fraction of sp³-hybridized carbons (Fsp3) is 0.222. The molecular weight excluding hydrogens is 326 g/mol. The number of nitrogens with one attached hydrogen (secondary N) is 1. The number of rotatable bonds is 8. The van der Waals surface area contributed by atoms with Crippen molar-refractivity contribution in [3.8, 4) is 0 Å². The molecule has 6 heteroatoms. The number of anilines is 1. The number of thioether (sulfide) groups is 1. The second-order valence-corrected chi connectivity index (χ2v) is 6.19. The molecule has 0 fully saturated rings. The molecule has 0 aliphatic carbocycles. The lowest BCUT2D eigenvalue weighted by Gasteiger charge is -2.08. The van der Waals surface area contributed by atoms with E-state index >= 15 is 0 Å². The van der Waals surface area contributed by atoms with Crippen LogP contribution in [0.2, 0.25) is 0 Å². The van der Waals surface area contributed by atoms with Crippen molar-refractivity contribution in [3.05, 3.63) is 65.7 Å². The lowest BCUT2D eigenvalue weighted by Crippen LogP contribution is -2.13. The van der Waals surface area contributed by atoms with Gasteiger partial charge in [-0.1, -0.05) is 42.5 Å². The first-order valence-corrected chi connectivity index (χ1v) is 8.65. The highest BCUT2D eigenvalue weighted by molar-refractivity contribution is 7.98. The molecule has 0 aliphatic rings. The van der Waals surface area contributed by atoms with E-state index in [9.17, 15) is 9.59 Å². The predicted molar refractivity (Wildman–Crippen MR) is 95.1 cm³/mol. The van der Waals surface area contributed by atoms with Gasteiger partial charge in [0.15, 0.2) is 0 Å². The van der Waals surface area contributed by atoms with Crippen LogP contribution in [0.1, 0.15) is 17.5 Å². The van der Waals surface area contributed by atoms with Gasteiger partial charge in [-0.05, 0) is 23.3 Å². The highest BCUT2D eigenvalue weighted by Crippen LogP contribution is 2.17. The average molecular weight is 345 g/mol. The molecule has 0 aromatic heterocycles. The first-order valence-electron chi connectivity index (χ1n) is 7.49. The van der Waals surface area contributed by atoms with Crippen LogP contribution in [0.25, 0.3) is 0 Å². The van der Waals surface area contributed by atoms with E-state index in [4.69, 9.17) is 9.84 Å². The van der Waals surface area contributed by atoms with E-state index in [1.165, 1.54) is 0 Å². The van der Waals surface area contributed by atoms with Crippen molar-refractivity contribution in [1.82, 2.24) is 0 Å². The van der Waals surface area contributed by atoms with Crippen molar-refractivity contribution in [2.75, 3.05) is 11.1 Å². The lowest BCUT2D eigenvalue weighted by molar-refractivity contribution is -0.136. The Morgan fingerprint density at radius 1 is 1.04 bits per heavy atom. The quantitative estimate of drug-likeness (QED) is 0.703. The summed E-state index contributed by atoms with van der Waals surface area (Å²) in [4.78, 5) is 22.3. The number of carbonyl (C=O) groups is 2. The Labute approximate surface area is 145 Å². The molecule has 0 saturated carbocycles. The molecule has 0 bridgehead atoms. The Bertz CT molecular complexity index is 676. The molecular formula is C18H19NO4S. The lowest BCUT2D eigenvalue weighted by atomic mass is 10.2. The van der Waals surface area contributed by atoms with Gasteiger partial charge in [0.25, 0.3) is 0 Å². The van der Waals surface area contributed by atoms with E-state index in [1.807, 2.05) is 48.5 Å². The third-order valence-corrected chi connectivity index (χ3v) is 4.15. The van der Waals surface area contributed by atoms with Crippen LogP contribution in [0, 0.1) is 0 Å². The van der Waals surface area contributed by atoms with Gasteiger partial charge in [-0.2, -0.15) is 11.8 Å². The number of carbonyl (C=O) groups excluding carboxylic acids is 1. The second-order valence-electron chi connectivity index (χ2n) is 5.08. The maximum atomic E-state index is 11.8. The van der Waals surface area contributed by atoms with Gasteiger partial charge < -0.3 is 9.84 Å². The molecule has 0 spiro atoms. The van der Waals surface area contributed by atoms with Crippen molar-refractivity contribution in [2.24, 2.45) is 0 Å². The van der Waals surface area contributed by atoms with Crippen molar-refractivity contribution in [1.29, 1.82) is 0 Å². The van der Waals surface area contributed by atoms with Crippen LogP contribution >= 0.6 is 11.8 Å². The molecule has 2 rings (SSSR count). The van der Waals surface area contributed by atoms with Crippen LogP contribution in [-0.2, 0) is 21.9 Å². The Kier molecular flexibility index (Phi) is 7.17. The Morgan fingerprint density at radius 3 is 2.54 bits per heavy atom. The molecule has 0 heterocycles. The van der Waals surface area contributed by atoms with Gasteiger partial charge in [-0.25, -0.2) is 4.79 Å². The smallest absolute Gasteiger partial charge is 0.411 e. The summed E-state index contributed by atoms with van der Waals surface area (Å²) in [6, 6.07) is 16.9. The third kappa shape index (κ3) is 6.75. The minimum Gasteiger partial charge on any atom is -0.481 e. The van der Waals surface area contributed by atoms with Gasteiger partial charge in [-0.3, -0.25) is 10.1 Å². The van der Waals surface area contributed by atoms with E-state index in [-0.39, 0.29) is 13.0 Å². The molecule has 0 atom stereocenters. The molecule has 2 N–H and O–H groups in total. The minimum atomic E-state index is -0.793. The largest absolute Gasteiger partial charge is 0.481 e. The zero-order valence-corrected chi connectivity index (χ0v) is 13.9. The predicted octanol–water partition coefficient (Wildman–Crippen LogP) is 4.14. The standard InChI is InChI=1S/C18H19NO4S/c20-17(21)9-10-24-13-15-7-4-8-16(11-15)19-18(22)23-12-14-5-2-1-3-6-14/h1-8,11H,9-10,12-13H2,(H,19,22)(H,20,21). The van der Waals surface area contributed by atoms with Gasteiger partial charge in [-0.15, -0.1) is 0 Å². The molecule has 0 saturated heterocycles. The topological polar surface area (TPSA) is 75.6 Å². The monoisotopic (exact) mass is 345 g/mol. The minimum absolute atomic E-state index is 0.147. The summed E-state index contributed by atoms with van der Waals surface area (Å²) in [5.41, 5.74) is 2.60. The molecule has 24 heavy (non-hydrogen) atoms. The zero-order valence-electron chi connectivity index (χ0n) is 13.1. The van der Waals surface area contributed by atoms with Crippen LogP contribution in [0.15, 0.2) is 54.6 Å². The van der Waals surface area contributed by atoms with Crippen molar-refractivity contribution in [3.63, 3.8) is 0 Å². The van der Waals surface area contributed by atoms with Gasteiger partial charge in [0.1, 0.15) is 6.61 Å². The molecule has 0 unspecified atom stereocenters. The van der Waals surface area contributed by atoms with Crippen molar-refractivity contribution in [2.45, 2.75) is 18.8 Å². The zero-order chi connectivity index (χ0) is 17.2. The number of hydrogen-bond acceptors (Lipinski definition) is 4. The van der Waals surface area contributed by atoms with Crippen LogP contribution < -0.4 is 5.32 Å². The summed E-state index contributed by atoms with van der Waals surface area (Å²) < 4.78 is 5.18. The average Bonchev–Trinajstić information content (AvgIpc) is 2.58. The maximum Gasteiger partial charge on any atom is 0.411 e. The fourth-order valence-electron chi connectivity index (χ4n) is 1.97. The van der Waals surface area contributed by atoms with E-state index in [2.05, 4.69) is 5.32 Å². The van der Waals surface area contributed by atoms with Crippen LogP contribution in [0.3, 0.4) is 0 Å². The molecule has 0 radical (unpaired) electrons. The Balaban J connectivity index is 1.78. The SMILES string of the molecule is O=C(O)CCSCc1cccc(NC(=O)OCc2ccccc2)c1. The number of hydrogen-bond donors (Lipinski definition) is 2. The first kappa shape index (κ1) is 17.9. The van der Waals surface area contributed by atoms with Crippen LogP contribution in [0.4, 0.5) is 10.5 Å². The number of aliphatic carboxylic acids is 1. The van der Waals surface area contributed by atoms with Crippen LogP contribution in [0.5, 0.6) is 0 Å². The molecule has 5 nitrogen and oxygen atoms in total. The molecule has 2 aromatic rings.